The van der Waals surface area contributed by atoms with E-state index in [0.717, 1.165) is 39.3 Å². The first-order valence-corrected chi connectivity index (χ1v) is 6.22. The van der Waals surface area contributed by atoms with Gasteiger partial charge in [0.2, 0.25) is 0 Å². The van der Waals surface area contributed by atoms with Crippen LogP contribution >= 0.6 is 0 Å². The van der Waals surface area contributed by atoms with E-state index in [1.54, 1.807) is 0 Å². The van der Waals surface area contributed by atoms with Gasteiger partial charge >= 0.3 is 12.0 Å². The predicted molar refractivity (Wildman–Crippen MR) is 65.5 cm³/mol. The van der Waals surface area contributed by atoms with E-state index in [1.165, 1.54) is 0 Å². The topological polar surface area (TPSA) is 90.9 Å². The van der Waals surface area contributed by atoms with E-state index in [4.69, 9.17) is 9.84 Å². The maximum atomic E-state index is 11.2. The van der Waals surface area contributed by atoms with Crippen LogP contribution < -0.4 is 10.6 Å². The highest BCUT2D eigenvalue weighted by Crippen LogP contribution is 1.97. The number of carboxylic acid groups (broad SMARTS) is 1. The zero-order valence-electron chi connectivity index (χ0n) is 10.5. The minimum Gasteiger partial charge on any atom is -0.481 e. The summed E-state index contributed by atoms with van der Waals surface area (Å²) in [5, 5.41) is 13.6. The third kappa shape index (κ3) is 7.08. The summed E-state index contributed by atoms with van der Waals surface area (Å²) in [5.74, 6) is -0.914. The molecular formula is C11H21N3O4. The lowest BCUT2D eigenvalue weighted by Crippen LogP contribution is -2.40. The smallest absolute Gasteiger partial charge is 0.314 e. The highest BCUT2D eigenvalue weighted by molar-refractivity contribution is 5.74. The number of morpholine rings is 1. The van der Waals surface area contributed by atoms with Crippen LogP contribution in [-0.4, -0.2) is 67.9 Å². The summed E-state index contributed by atoms with van der Waals surface area (Å²) in [6, 6.07) is -0.307. The van der Waals surface area contributed by atoms with E-state index >= 15 is 0 Å². The fourth-order valence-corrected chi connectivity index (χ4v) is 1.67. The van der Waals surface area contributed by atoms with Crippen molar-refractivity contribution in [2.75, 3.05) is 45.9 Å². The van der Waals surface area contributed by atoms with Crippen LogP contribution in [0.15, 0.2) is 0 Å². The second-order valence-electron chi connectivity index (χ2n) is 4.13. The molecule has 0 aromatic carbocycles. The third-order valence-electron chi connectivity index (χ3n) is 2.66. The first-order chi connectivity index (χ1) is 8.68. The molecule has 0 unspecified atom stereocenters. The maximum Gasteiger partial charge on any atom is 0.314 e. The number of ether oxygens (including phenoxy) is 1. The number of carbonyl (C=O) groups is 2. The van der Waals surface area contributed by atoms with Crippen molar-refractivity contribution in [2.24, 2.45) is 0 Å². The molecule has 1 rings (SSSR count). The number of hydrogen-bond acceptors (Lipinski definition) is 4. The largest absolute Gasteiger partial charge is 0.481 e. The molecule has 0 aromatic heterocycles. The van der Waals surface area contributed by atoms with Crippen molar-refractivity contribution in [1.82, 2.24) is 15.5 Å². The molecule has 3 N–H and O–H groups in total. The average molecular weight is 259 g/mol. The quantitative estimate of drug-likeness (QED) is 0.535. The lowest BCUT2D eigenvalue weighted by atomic mass is 10.3. The summed E-state index contributed by atoms with van der Waals surface area (Å²) in [5.41, 5.74) is 0. The van der Waals surface area contributed by atoms with Gasteiger partial charge in [-0.05, 0) is 13.0 Å². The third-order valence-corrected chi connectivity index (χ3v) is 2.66. The second-order valence-corrected chi connectivity index (χ2v) is 4.13. The van der Waals surface area contributed by atoms with Gasteiger partial charge in [0, 0.05) is 26.2 Å². The molecule has 1 fully saturated rings. The molecule has 1 aliphatic heterocycles. The van der Waals surface area contributed by atoms with E-state index in [0.29, 0.717) is 6.54 Å². The van der Waals surface area contributed by atoms with Crippen LogP contribution in [0.4, 0.5) is 4.79 Å². The first kappa shape index (κ1) is 14.7. The molecule has 0 bridgehead atoms. The second kappa shape index (κ2) is 8.71. The fraction of sp³-hybridized carbons (Fsp3) is 0.818. The number of hydrogen-bond donors (Lipinski definition) is 3. The summed E-state index contributed by atoms with van der Waals surface area (Å²) >= 11 is 0. The Labute approximate surface area is 106 Å². The molecule has 0 atom stereocenters. The van der Waals surface area contributed by atoms with Crippen molar-refractivity contribution in [3.8, 4) is 0 Å². The van der Waals surface area contributed by atoms with Crippen LogP contribution in [-0.2, 0) is 9.53 Å². The molecule has 0 spiro atoms. The van der Waals surface area contributed by atoms with E-state index in [2.05, 4.69) is 15.5 Å². The van der Waals surface area contributed by atoms with Crippen molar-refractivity contribution in [1.29, 1.82) is 0 Å². The minimum atomic E-state index is -0.914. The molecule has 1 heterocycles. The standard InChI is InChI=1S/C11H21N3O4/c15-10(16)2-4-13-11(17)12-3-1-5-14-6-8-18-9-7-14/h1-9H2,(H,15,16)(H2,12,13,17). The van der Waals surface area contributed by atoms with Gasteiger partial charge in [-0.15, -0.1) is 0 Å². The van der Waals surface area contributed by atoms with Gasteiger partial charge in [0.05, 0.1) is 19.6 Å². The van der Waals surface area contributed by atoms with Crippen molar-refractivity contribution in [3.63, 3.8) is 0 Å². The molecule has 18 heavy (non-hydrogen) atoms. The molecular weight excluding hydrogens is 238 g/mol. The molecule has 104 valence electrons. The van der Waals surface area contributed by atoms with Crippen LogP contribution in [0.1, 0.15) is 12.8 Å². The van der Waals surface area contributed by atoms with Gasteiger partial charge in [-0.25, -0.2) is 4.79 Å². The van der Waals surface area contributed by atoms with Gasteiger partial charge < -0.3 is 20.5 Å². The zero-order valence-corrected chi connectivity index (χ0v) is 10.5. The Hall–Kier alpha value is -1.34. The molecule has 1 saturated heterocycles. The van der Waals surface area contributed by atoms with Crippen LogP contribution in [0.2, 0.25) is 0 Å². The zero-order chi connectivity index (χ0) is 13.2. The number of aliphatic carboxylic acids is 1. The number of carboxylic acids is 1. The summed E-state index contributed by atoms with van der Waals surface area (Å²) in [6.07, 6.45) is 0.827. The van der Waals surface area contributed by atoms with E-state index in [-0.39, 0.29) is 19.0 Å². The van der Waals surface area contributed by atoms with Gasteiger partial charge in [0.15, 0.2) is 0 Å². The minimum absolute atomic E-state index is 0.0544. The number of rotatable bonds is 7. The summed E-state index contributed by atoms with van der Waals surface area (Å²) < 4.78 is 5.24. The number of nitrogens with one attached hydrogen (secondary N) is 2. The summed E-state index contributed by atoms with van der Waals surface area (Å²) in [7, 11) is 0. The van der Waals surface area contributed by atoms with Crippen molar-refractivity contribution in [3.05, 3.63) is 0 Å². The van der Waals surface area contributed by atoms with Crippen molar-refractivity contribution in [2.45, 2.75) is 12.8 Å². The van der Waals surface area contributed by atoms with Gasteiger partial charge in [-0.3, -0.25) is 9.69 Å². The predicted octanol–water partition coefficient (Wildman–Crippen LogP) is -0.517. The number of amides is 2. The Morgan fingerprint density at radius 3 is 2.50 bits per heavy atom. The maximum absolute atomic E-state index is 11.2. The molecule has 7 nitrogen and oxygen atoms in total. The van der Waals surface area contributed by atoms with E-state index < -0.39 is 5.97 Å². The molecule has 0 radical (unpaired) electrons. The van der Waals surface area contributed by atoms with Crippen LogP contribution in [0.5, 0.6) is 0 Å². The highest BCUT2D eigenvalue weighted by Gasteiger charge is 2.09. The molecule has 7 heteroatoms. The molecule has 0 aliphatic carbocycles. The van der Waals surface area contributed by atoms with Crippen LogP contribution in [0.3, 0.4) is 0 Å². The number of carbonyl (C=O) groups excluding carboxylic acids is 1. The molecule has 1 aliphatic rings. The SMILES string of the molecule is O=C(O)CCNC(=O)NCCCN1CCOCC1. The number of urea groups is 1. The normalized spacial score (nSPS) is 16.2. The first-order valence-electron chi connectivity index (χ1n) is 6.22. The van der Waals surface area contributed by atoms with Gasteiger partial charge in [0.1, 0.15) is 0 Å². The summed E-state index contributed by atoms with van der Waals surface area (Å²) in [6.45, 7) is 5.15. The van der Waals surface area contributed by atoms with Gasteiger partial charge in [-0.1, -0.05) is 0 Å². The van der Waals surface area contributed by atoms with Crippen LogP contribution in [0, 0.1) is 0 Å². The molecule has 0 saturated carbocycles. The Morgan fingerprint density at radius 2 is 1.83 bits per heavy atom. The monoisotopic (exact) mass is 259 g/mol. The Bertz CT molecular complexity index is 267. The Balaban J connectivity index is 1.93. The molecule has 2 amide bonds. The van der Waals surface area contributed by atoms with Gasteiger partial charge in [-0.2, -0.15) is 0 Å². The Morgan fingerprint density at radius 1 is 1.17 bits per heavy atom. The Kier molecular flexibility index (Phi) is 7.12. The highest BCUT2D eigenvalue weighted by atomic mass is 16.5. The average Bonchev–Trinajstić information content (AvgIpc) is 2.35. The van der Waals surface area contributed by atoms with Crippen molar-refractivity contribution >= 4 is 12.0 Å². The lowest BCUT2D eigenvalue weighted by molar-refractivity contribution is -0.136. The number of nitrogens with zero attached hydrogens (tertiary/aromatic N) is 1. The molecule has 0 aromatic rings. The fourth-order valence-electron chi connectivity index (χ4n) is 1.67. The van der Waals surface area contributed by atoms with Crippen molar-refractivity contribution < 1.29 is 19.4 Å². The van der Waals surface area contributed by atoms with E-state index in [9.17, 15) is 9.59 Å². The summed E-state index contributed by atoms with van der Waals surface area (Å²) in [4.78, 5) is 23.8. The lowest BCUT2D eigenvalue weighted by Gasteiger charge is -2.26. The van der Waals surface area contributed by atoms with Gasteiger partial charge in [0.25, 0.3) is 0 Å². The van der Waals surface area contributed by atoms with E-state index in [1.807, 2.05) is 0 Å². The van der Waals surface area contributed by atoms with Crippen LogP contribution in [0.25, 0.3) is 0 Å².